The number of hydrogen-bond acceptors (Lipinski definition) is 6. The van der Waals surface area contributed by atoms with Gasteiger partial charge in [0.2, 0.25) is 0 Å². The Hall–Kier alpha value is -3.78. The van der Waals surface area contributed by atoms with E-state index in [0.29, 0.717) is 23.7 Å². The number of carboxylic acids is 1. The SMILES string of the molecule is CCCC(CC)NC(=O)COc1ccc2ccc(C(CC(=O)O)c3ccc(N(N)CC)c(N)c3C)cc2c1. The van der Waals surface area contributed by atoms with Crippen LogP contribution in [0.1, 0.15) is 69.1 Å². The molecule has 0 saturated carbocycles. The fourth-order valence-corrected chi connectivity index (χ4v) is 4.81. The van der Waals surface area contributed by atoms with Crippen molar-refractivity contribution in [3.8, 4) is 5.75 Å². The smallest absolute Gasteiger partial charge is 0.304 e. The van der Waals surface area contributed by atoms with Gasteiger partial charge in [-0.3, -0.25) is 9.59 Å². The largest absolute Gasteiger partial charge is 0.484 e. The first kappa shape index (κ1) is 28.8. The summed E-state index contributed by atoms with van der Waals surface area (Å²) in [5, 5.41) is 16.2. The molecule has 38 heavy (non-hydrogen) atoms. The van der Waals surface area contributed by atoms with E-state index in [9.17, 15) is 14.7 Å². The molecule has 0 aromatic heterocycles. The summed E-state index contributed by atoms with van der Waals surface area (Å²) in [5.41, 5.74) is 10.2. The number of nitrogens with zero attached hydrogens (tertiary/aromatic N) is 1. The van der Waals surface area contributed by atoms with Gasteiger partial charge in [-0.05, 0) is 72.4 Å². The van der Waals surface area contributed by atoms with Crippen LogP contribution in [0.5, 0.6) is 5.75 Å². The molecule has 3 aromatic rings. The lowest BCUT2D eigenvalue weighted by molar-refractivity contribution is -0.137. The zero-order chi connectivity index (χ0) is 27.8. The van der Waals surface area contributed by atoms with E-state index < -0.39 is 11.9 Å². The summed E-state index contributed by atoms with van der Waals surface area (Å²) in [5.74, 6) is 5.20. The third-order valence-corrected chi connectivity index (χ3v) is 7.04. The Kier molecular flexibility index (Phi) is 9.96. The summed E-state index contributed by atoms with van der Waals surface area (Å²) in [6, 6.07) is 15.5. The number of amides is 1. The van der Waals surface area contributed by atoms with Crippen LogP contribution in [0.4, 0.5) is 11.4 Å². The summed E-state index contributed by atoms with van der Waals surface area (Å²) in [6.45, 7) is 8.52. The van der Waals surface area contributed by atoms with Crippen molar-refractivity contribution >= 4 is 34.0 Å². The summed E-state index contributed by atoms with van der Waals surface area (Å²) in [4.78, 5) is 24.2. The number of hydrazine groups is 1. The minimum atomic E-state index is -0.900. The third kappa shape index (κ3) is 6.95. The van der Waals surface area contributed by atoms with E-state index in [2.05, 4.69) is 19.2 Å². The van der Waals surface area contributed by atoms with Crippen molar-refractivity contribution in [3.05, 3.63) is 65.2 Å². The maximum absolute atomic E-state index is 12.4. The lowest BCUT2D eigenvalue weighted by atomic mass is 9.84. The fraction of sp³-hybridized carbons (Fsp3) is 0.400. The number of hydrogen-bond donors (Lipinski definition) is 4. The van der Waals surface area contributed by atoms with Crippen molar-refractivity contribution < 1.29 is 19.4 Å². The number of carbonyl (C=O) groups is 2. The molecule has 8 nitrogen and oxygen atoms in total. The van der Waals surface area contributed by atoms with Crippen LogP contribution in [0, 0.1) is 6.92 Å². The molecule has 0 heterocycles. The average Bonchev–Trinajstić information content (AvgIpc) is 2.91. The standard InChI is InChI=1S/C30H40N4O4/c1-5-8-23(6-2)33-28(35)18-38-24-12-11-20-9-10-21(15-22(20)16-24)26(17-29(36)37)25-13-14-27(34(32)7-3)30(31)19(25)4/h9-16,23,26H,5-8,17-18,31-32H2,1-4H3,(H,33,35)(H,36,37). The number of nitrogens with two attached hydrogens (primary N) is 2. The van der Waals surface area contributed by atoms with Crippen LogP contribution in [0.25, 0.3) is 10.8 Å². The minimum Gasteiger partial charge on any atom is -0.484 e. The highest BCUT2D eigenvalue weighted by molar-refractivity contribution is 5.85. The number of rotatable bonds is 13. The van der Waals surface area contributed by atoms with Gasteiger partial charge in [0.05, 0.1) is 17.8 Å². The number of benzene rings is 3. The molecule has 0 radical (unpaired) electrons. The molecule has 1 amide bonds. The number of carboxylic acid groups (broad SMARTS) is 1. The van der Waals surface area contributed by atoms with Crippen LogP contribution in [0.2, 0.25) is 0 Å². The van der Waals surface area contributed by atoms with Crippen LogP contribution in [-0.2, 0) is 9.59 Å². The maximum atomic E-state index is 12.4. The van der Waals surface area contributed by atoms with Gasteiger partial charge in [0.25, 0.3) is 5.91 Å². The molecule has 0 bridgehead atoms. The fourth-order valence-electron chi connectivity index (χ4n) is 4.81. The quantitative estimate of drug-likeness (QED) is 0.140. The highest BCUT2D eigenvalue weighted by Gasteiger charge is 2.23. The lowest BCUT2D eigenvalue weighted by Crippen LogP contribution is -2.37. The van der Waals surface area contributed by atoms with Gasteiger partial charge in [0.15, 0.2) is 6.61 Å². The van der Waals surface area contributed by atoms with Crippen molar-refractivity contribution in [2.45, 2.75) is 65.3 Å². The van der Waals surface area contributed by atoms with Gasteiger partial charge in [0, 0.05) is 18.5 Å². The number of fused-ring (bicyclic) bond motifs is 1. The Morgan fingerprint density at radius 1 is 1.05 bits per heavy atom. The molecular weight excluding hydrogens is 480 g/mol. The molecule has 0 spiro atoms. The first-order valence-electron chi connectivity index (χ1n) is 13.3. The Morgan fingerprint density at radius 2 is 1.79 bits per heavy atom. The van der Waals surface area contributed by atoms with Gasteiger partial charge in [-0.1, -0.05) is 50.6 Å². The molecule has 8 heteroatoms. The van der Waals surface area contributed by atoms with E-state index in [1.807, 2.05) is 62.4 Å². The average molecular weight is 521 g/mol. The molecule has 0 aliphatic carbocycles. The Balaban J connectivity index is 1.89. The molecule has 2 atom stereocenters. The van der Waals surface area contributed by atoms with Crippen molar-refractivity contribution in [2.24, 2.45) is 5.84 Å². The van der Waals surface area contributed by atoms with Crippen LogP contribution in [0.3, 0.4) is 0 Å². The Bertz CT molecular complexity index is 1280. The highest BCUT2D eigenvalue weighted by atomic mass is 16.5. The van der Waals surface area contributed by atoms with Gasteiger partial charge in [-0.25, -0.2) is 5.84 Å². The van der Waals surface area contributed by atoms with Gasteiger partial charge < -0.3 is 25.9 Å². The highest BCUT2D eigenvalue weighted by Crippen LogP contribution is 2.37. The van der Waals surface area contributed by atoms with Crippen molar-refractivity contribution in [2.75, 3.05) is 23.9 Å². The molecule has 0 aliphatic heterocycles. The van der Waals surface area contributed by atoms with E-state index in [-0.39, 0.29) is 25.0 Å². The van der Waals surface area contributed by atoms with E-state index >= 15 is 0 Å². The monoisotopic (exact) mass is 520 g/mol. The third-order valence-electron chi connectivity index (χ3n) is 7.04. The lowest BCUT2D eigenvalue weighted by Gasteiger charge is -2.24. The van der Waals surface area contributed by atoms with E-state index in [4.69, 9.17) is 16.3 Å². The number of aliphatic carboxylic acids is 1. The second-order valence-corrected chi connectivity index (χ2v) is 9.67. The normalized spacial score (nSPS) is 12.7. The summed E-state index contributed by atoms with van der Waals surface area (Å²) < 4.78 is 5.79. The number of anilines is 2. The van der Waals surface area contributed by atoms with Gasteiger partial charge in [0.1, 0.15) is 5.75 Å². The first-order chi connectivity index (χ1) is 18.2. The van der Waals surface area contributed by atoms with E-state index in [1.165, 1.54) is 0 Å². The van der Waals surface area contributed by atoms with Crippen molar-refractivity contribution in [3.63, 3.8) is 0 Å². The zero-order valence-electron chi connectivity index (χ0n) is 22.8. The molecule has 3 rings (SSSR count). The topological polar surface area (TPSA) is 131 Å². The maximum Gasteiger partial charge on any atom is 0.304 e. The van der Waals surface area contributed by atoms with Gasteiger partial charge in [-0.15, -0.1) is 0 Å². The number of nitrogens with one attached hydrogen (secondary N) is 1. The molecular formula is C30H40N4O4. The Morgan fingerprint density at radius 3 is 2.45 bits per heavy atom. The molecule has 2 unspecified atom stereocenters. The van der Waals surface area contributed by atoms with Crippen LogP contribution in [-0.4, -0.2) is 36.2 Å². The van der Waals surface area contributed by atoms with Crippen LogP contribution < -0.4 is 26.6 Å². The Labute approximate surface area is 224 Å². The predicted octanol–water partition coefficient (Wildman–Crippen LogP) is 5.11. The minimum absolute atomic E-state index is 0.0617. The van der Waals surface area contributed by atoms with Crippen molar-refractivity contribution in [1.82, 2.24) is 5.32 Å². The number of ether oxygens (including phenoxy) is 1. The molecule has 0 fully saturated rings. The summed E-state index contributed by atoms with van der Waals surface area (Å²) in [6.07, 6.45) is 2.75. The second kappa shape index (κ2) is 13.1. The zero-order valence-corrected chi connectivity index (χ0v) is 22.8. The molecule has 3 aromatic carbocycles. The van der Waals surface area contributed by atoms with Crippen LogP contribution >= 0.6 is 0 Å². The number of nitrogen functional groups attached to an aromatic ring is 1. The molecule has 0 aliphatic rings. The van der Waals surface area contributed by atoms with E-state index in [0.717, 1.165) is 46.7 Å². The van der Waals surface area contributed by atoms with Gasteiger partial charge >= 0.3 is 5.97 Å². The van der Waals surface area contributed by atoms with E-state index in [1.54, 1.807) is 5.01 Å². The molecule has 204 valence electrons. The predicted molar refractivity (Wildman–Crippen MR) is 153 cm³/mol. The van der Waals surface area contributed by atoms with Crippen LogP contribution in [0.15, 0.2) is 48.5 Å². The number of carbonyl (C=O) groups excluding carboxylic acids is 1. The summed E-state index contributed by atoms with van der Waals surface area (Å²) >= 11 is 0. The first-order valence-corrected chi connectivity index (χ1v) is 13.3. The van der Waals surface area contributed by atoms with Gasteiger partial charge in [-0.2, -0.15) is 0 Å². The molecule has 6 N–H and O–H groups in total. The second-order valence-electron chi connectivity index (χ2n) is 9.67. The summed E-state index contributed by atoms with van der Waals surface area (Å²) in [7, 11) is 0. The van der Waals surface area contributed by atoms with Crippen molar-refractivity contribution in [1.29, 1.82) is 0 Å². The molecule has 0 saturated heterocycles.